The summed E-state index contributed by atoms with van der Waals surface area (Å²) in [7, 11) is 3.35. The summed E-state index contributed by atoms with van der Waals surface area (Å²) in [5.41, 5.74) is 1.26. The number of aromatic nitrogens is 2. The first-order valence-corrected chi connectivity index (χ1v) is 4.82. The summed E-state index contributed by atoms with van der Waals surface area (Å²) in [6, 6.07) is 0. The van der Waals surface area contributed by atoms with Gasteiger partial charge < -0.3 is 0 Å². The van der Waals surface area contributed by atoms with Crippen molar-refractivity contribution in [3.05, 3.63) is 21.9 Å². The molecule has 0 aromatic carbocycles. The molecule has 4 nitrogen and oxygen atoms in total. The van der Waals surface area contributed by atoms with Crippen LogP contribution in [0.5, 0.6) is 0 Å². The average molecular weight is 196 g/mol. The Morgan fingerprint density at radius 1 is 1.21 bits per heavy atom. The normalized spacial score (nSPS) is 10.6. The Morgan fingerprint density at radius 3 is 2.21 bits per heavy atom. The molecule has 0 saturated carbocycles. The van der Waals surface area contributed by atoms with E-state index in [1.54, 1.807) is 25.6 Å². The molecule has 4 heteroatoms. The fourth-order valence-corrected chi connectivity index (χ4v) is 1.71. The van der Waals surface area contributed by atoms with Gasteiger partial charge in [-0.1, -0.05) is 13.8 Å². The Kier molecular flexibility index (Phi) is 2.93. The van der Waals surface area contributed by atoms with Gasteiger partial charge in [-0.25, -0.2) is 4.79 Å². The molecule has 1 heterocycles. The summed E-state index contributed by atoms with van der Waals surface area (Å²) in [6.07, 6.45) is 1.14. The van der Waals surface area contributed by atoms with E-state index in [2.05, 4.69) is 0 Å². The Morgan fingerprint density at radius 2 is 1.79 bits per heavy atom. The first-order valence-electron chi connectivity index (χ1n) is 4.82. The van der Waals surface area contributed by atoms with Gasteiger partial charge in [-0.05, 0) is 6.42 Å². The molecular weight excluding hydrogens is 180 g/mol. The zero-order chi connectivity index (χ0) is 10.9. The van der Waals surface area contributed by atoms with Crippen molar-refractivity contribution in [3.8, 4) is 0 Å². The Bertz CT molecular complexity index is 412. The Labute approximate surface area is 83.2 Å². The van der Waals surface area contributed by atoms with E-state index >= 15 is 0 Å². The van der Waals surface area contributed by atoms with Gasteiger partial charge in [0.05, 0.1) is 0 Å². The van der Waals surface area contributed by atoms with Crippen molar-refractivity contribution in [2.24, 2.45) is 14.1 Å². The molecule has 0 N–H and O–H groups in total. The van der Waals surface area contributed by atoms with Crippen molar-refractivity contribution in [1.82, 2.24) is 9.13 Å². The summed E-state index contributed by atoms with van der Waals surface area (Å²) in [6.45, 7) is 3.75. The molecule has 1 rings (SSSR count). The maximum absolute atomic E-state index is 11.6. The summed E-state index contributed by atoms with van der Waals surface area (Å²) in [4.78, 5) is 23.2. The minimum atomic E-state index is -0.126. The maximum atomic E-state index is 11.6. The molecule has 0 aliphatic rings. The van der Waals surface area contributed by atoms with E-state index in [9.17, 15) is 9.59 Å². The number of hydrogen-bond acceptors (Lipinski definition) is 2. The molecule has 0 amide bonds. The second kappa shape index (κ2) is 3.82. The molecule has 1 aromatic rings. The number of carbonyl (C=O) groups excluding carboxylic acids is 1. The summed E-state index contributed by atoms with van der Waals surface area (Å²) >= 11 is 0. The van der Waals surface area contributed by atoms with Gasteiger partial charge in [0.15, 0.2) is 5.78 Å². The number of rotatable bonds is 3. The molecule has 0 aliphatic carbocycles. The molecule has 0 spiro atoms. The number of nitrogens with zero attached hydrogens (tertiary/aromatic N) is 2. The van der Waals surface area contributed by atoms with Crippen LogP contribution in [-0.4, -0.2) is 14.9 Å². The molecule has 0 unspecified atom stereocenters. The first kappa shape index (κ1) is 10.8. The lowest BCUT2D eigenvalue weighted by Crippen LogP contribution is -2.21. The number of hydrogen-bond donors (Lipinski definition) is 0. The minimum absolute atomic E-state index is 0.0297. The number of carbonyl (C=O) groups is 1. The van der Waals surface area contributed by atoms with E-state index < -0.39 is 0 Å². The Balaban J connectivity index is 3.48. The molecular formula is C10H16N2O2. The third kappa shape index (κ3) is 1.41. The molecule has 0 aliphatic heterocycles. The van der Waals surface area contributed by atoms with Crippen LogP contribution in [0.4, 0.5) is 0 Å². The van der Waals surface area contributed by atoms with E-state index in [1.807, 2.05) is 6.92 Å². The minimum Gasteiger partial charge on any atom is -0.299 e. The SMILES string of the molecule is CCC(=O)c1c(CC)n(C)c(=O)n1C. The zero-order valence-electron chi connectivity index (χ0n) is 9.13. The topological polar surface area (TPSA) is 44.0 Å². The van der Waals surface area contributed by atoms with Crippen molar-refractivity contribution in [2.45, 2.75) is 26.7 Å². The van der Waals surface area contributed by atoms with Gasteiger partial charge in [-0.2, -0.15) is 0 Å². The van der Waals surface area contributed by atoms with Crippen molar-refractivity contribution >= 4 is 5.78 Å². The molecule has 1 aromatic heterocycles. The van der Waals surface area contributed by atoms with Crippen molar-refractivity contribution in [3.63, 3.8) is 0 Å². The number of imidazole rings is 1. The fourth-order valence-electron chi connectivity index (χ4n) is 1.71. The standard InChI is InChI=1S/C10H16N2O2/c1-5-7-9(8(13)6-2)12(4)10(14)11(7)3/h5-6H2,1-4H3. The van der Waals surface area contributed by atoms with E-state index in [0.717, 1.165) is 5.69 Å². The lowest BCUT2D eigenvalue weighted by Gasteiger charge is -2.02. The lowest BCUT2D eigenvalue weighted by molar-refractivity contribution is 0.0979. The molecule has 0 bridgehead atoms. The van der Waals surface area contributed by atoms with E-state index in [-0.39, 0.29) is 11.5 Å². The van der Waals surface area contributed by atoms with Crippen LogP contribution in [0, 0.1) is 0 Å². The predicted molar refractivity (Wildman–Crippen MR) is 54.7 cm³/mol. The molecule has 0 radical (unpaired) electrons. The van der Waals surface area contributed by atoms with Crippen LogP contribution in [0.1, 0.15) is 36.5 Å². The summed E-state index contributed by atoms with van der Waals surface area (Å²) < 4.78 is 2.98. The van der Waals surface area contributed by atoms with Crippen LogP contribution in [0.2, 0.25) is 0 Å². The first-order chi connectivity index (χ1) is 6.54. The van der Waals surface area contributed by atoms with E-state index in [4.69, 9.17) is 0 Å². The molecule has 0 atom stereocenters. The highest BCUT2D eigenvalue weighted by Crippen LogP contribution is 2.09. The number of Topliss-reactive ketones (excluding diaryl/α,β-unsaturated/α-hetero) is 1. The van der Waals surface area contributed by atoms with E-state index in [0.29, 0.717) is 18.5 Å². The van der Waals surface area contributed by atoms with Crippen LogP contribution in [0.15, 0.2) is 4.79 Å². The van der Waals surface area contributed by atoms with Crippen molar-refractivity contribution < 1.29 is 4.79 Å². The highest BCUT2D eigenvalue weighted by molar-refractivity contribution is 5.95. The second-order valence-electron chi connectivity index (χ2n) is 3.33. The Hall–Kier alpha value is -1.32. The molecule has 0 saturated heterocycles. The highest BCUT2D eigenvalue weighted by atomic mass is 16.2. The van der Waals surface area contributed by atoms with Gasteiger partial charge in [-0.15, -0.1) is 0 Å². The third-order valence-electron chi connectivity index (χ3n) is 2.51. The predicted octanol–water partition coefficient (Wildman–Crippen LogP) is 0.879. The number of ketones is 1. The lowest BCUT2D eigenvalue weighted by atomic mass is 10.1. The fraction of sp³-hybridized carbons (Fsp3) is 0.600. The van der Waals surface area contributed by atoms with Crippen molar-refractivity contribution in [2.75, 3.05) is 0 Å². The largest absolute Gasteiger partial charge is 0.328 e. The quantitative estimate of drug-likeness (QED) is 0.673. The molecule has 0 fully saturated rings. The van der Waals surface area contributed by atoms with Crippen LogP contribution in [0.25, 0.3) is 0 Å². The van der Waals surface area contributed by atoms with Crippen LogP contribution < -0.4 is 5.69 Å². The second-order valence-corrected chi connectivity index (χ2v) is 3.33. The van der Waals surface area contributed by atoms with Crippen LogP contribution in [0.3, 0.4) is 0 Å². The van der Waals surface area contributed by atoms with Gasteiger partial charge in [-0.3, -0.25) is 13.9 Å². The molecule has 14 heavy (non-hydrogen) atoms. The smallest absolute Gasteiger partial charge is 0.299 e. The molecule has 78 valence electrons. The van der Waals surface area contributed by atoms with Gasteiger partial charge >= 0.3 is 5.69 Å². The van der Waals surface area contributed by atoms with E-state index in [1.165, 1.54) is 4.57 Å². The summed E-state index contributed by atoms with van der Waals surface area (Å²) in [5, 5.41) is 0. The van der Waals surface area contributed by atoms with Crippen LogP contribution >= 0.6 is 0 Å². The van der Waals surface area contributed by atoms with Gasteiger partial charge in [0, 0.05) is 26.2 Å². The average Bonchev–Trinajstić information content (AvgIpc) is 2.41. The van der Waals surface area contributed by atoms with Gasteiger partial charge in [0.1, 0.15) is 5.69 Å². The van der Waals surface area contributed by atoms with Crippen molar-refractivity contribution in [1.29, 1.82) is 0 Å². The summed E-state index contributed by atoms with van der Waals surface area (Å²) in [5.74, 6) is 0.0297. The monoisotopic (exact) mass is 196 g/mol. The third-order valence-corrected chi connectivity index (χ3v) is 2.51. The van der Waals surface area contributed by atoms with Gasteiger partial charge in [0.25, 0.3) is 0 Å². The van der Waals surface area contributed by atoms with Gasteiger partial charge in [0.2, 0.25) is 0 Å². The maximum Gasteiger partial charge on any atom is 0.328 e. The zero-order valence-corrected chi connectivity index (χ0v) is 9.13. The van der Waals surface area contributed by atoms with Crippen LogP contribution in [-0.2, 0) is 20.5 Å². The highest BCUT2D eigenvalue weighted by Gasteiger charge is 2.18.